The van der Waals surface area contributed by atoms with Crippen molar-refractivity contribution in [1.82, 2.24) is 10.3 Å². The molecule has 0 aliphatic carbocycles. The number of halogens is 3. The number of nitrogens with one attached hydrogen (secondary N) is 2. The Bertz CT molecular complexity index is 1620. The molecule has 1 unspecified atom stereocenters. The summed E-state index contributed by atoms with van der Waals surface area (Å²) in [6.07, 6.45) is 3.88. The minimum absolute atomic E-state index is 0.00618. The molecule has 3 heterocycles. The predicted octanol–water partition coefficient (Wildman–Crippen LogP) is 4.56. The van der Waals surface area contributed by atoms with E-state index in [4.69, 9.17) is 26.8 Å². The summed E-state index contributed by atoms with van der Waals surface area (Å²) in [4.78, 5) is 47.8. The van der Waals surface area contributed by atoms with Crippen LogP contribution in [-0.4, -0.2) is 48.6 Å². The van der Waals surface area contributed by atoms with Gasteiger partial charge in [-0.1, -0.05) is 23.7 Å². The molecule has 10 nitrogen and oxygen atoms in total. The first-order valence-corrected chi connectivity index (χ1v) is 13.7. The third-order valence-electron chi connectivity index (χ3n) is 6.97. The van der Waals surface area contributed by atoms with E-state index in [9.17, 15) is 23.2 Å². The van der Waals surface area contributed by atoms with E-state index in [1.165, 1.54) is 54.9 Å². The van der Waals surface area contributed by atoms with E-state index in [0.29, 0.717) is 31.5 Å². The summed E-state index contributed by atoms with van der Waals surface area (Å²) >= 11 is 6.07. The Labute approximate surface area is 249 Å². The number of aromatic nitrogens is 1. The number of nitrogen functional groups attached to an aromatic ring is 1. The van der Waals surface area contributed by atoms with Crippen molar-refractivity contribution in [3.05, 3.63) is 88.2 Å². The van der Waals surface area contributed by atoms with Crippen LogP contribution in [0.3, 0.4) is 0 Å². The first-order chi connectivity index (χ1) is 20.7. The molecular weight excluding hydrogens is 584 g/mol. The predicted molar refractivity (Wildman–Crippen MR) is 155 cm³/mol. The molecule has 2 aromatic carbocycles. The molecule has 4 N–H and O–H groups in total. The Hall–Kier alpha value is -4.68. The van der Waals surface area contributed by atoms with Crippen LogP contribution in [0.2, 0.25) is 5.02 Å². The third kappa shape index (κ3) is 6.87. The van der Waals surface area contributed by atoms with Gasteiger partial charge in [-0.05, 0) is 55.8 Å². The molecule has 1 atom stereocenters. The van der Waals surface area contributed by atoms with E-state index in [1.54, 1.807) is 0 Å². The number of carbonyl (C=O) groups excluding carboxylic acids is 3. The van der Waals surface area contributed by atoms with E-state index in [2.05, 4.69) is 20.6 Å². The number of Topliss-reactive ketones (excluding diaryl/α,β-unsaturated/α-hetero) is 1. The molecule has 0 bridgehead atoms. The lowest BCUT2D eigenvalue weighted by atomic mass is 9.88. The van der Waals surface area contributed by atoms with Crippen LogP contribution in [0, 0.1) is 17.6 Å². The maximum absolute atomic E-state index is 15.0. The fraction of sp³-hybridized carbons (Fsp3) is 0.233. The van der Waals surface area contributed by atoms with Crippen molar-refractivity contribution < 1.29 is 32.6 Å². The molecular formula is C30H26ClF2N5O5. The van der Waals surface area contributed by atoms with Gasteiger partial charge in [0.1, 0.15) is 28.8 Å². The maximum atomic E-state index is 15.0. The highest BCUT2D eigenvalue weighted by molar-refractivity contribution is 6.34. The second-order valence-electron chi connectivity index (χ2n) is 9.84. The van der Waals surface area contributed by atoms with Crippen LogP contribution >= 0.6 is 11.6 Å². The van der Waals surface area contributed by atoms with Crippen LogP contribution in [0.15, 0.2) is 71.0 Å². The van der Waals surface area contributed by atoms with E-state index in [0.717, 1.165) is 6.07 Å². The maximum Gasteiger partial charge on any atom is 0.309 e. The highest BCUT2D eigenvalue weighted by Gasteiger charge is 2.34. The lowest BCUT2D eigenvalue weighted by Crippen LogP contribution is -2.34. The van der Waals surface area contributed by atoms with Gasteiger partial charge in [-0.2, -0.15) is 0 Å². The fourth-order valence-electron chi connectivity index (χ4n) is 4.66. The van der Waals surface area contributed by atoms with Crippen LogP contribution in [0.1, 0.15) is 24.3 Å². The smallest absolute Gasteiger partial charge is 0.309 e. The molecule has 2 aliphatic rings. The number of carbonyl (C=O) groups is 3. The average Bonchev–Trinajstić information content (AvgIpc) is 3.00. The molecule has 1 fully saturated rings. The molecule has 0 spiro atoms. The number of anilines is 2. The van der Waals surface area contributed by atoms with Crippen LogP contribution in [-0.2, 0) is 19.1 Å². The van der Waals surface area contributed by atoms with Gasteiger partial charge in [0.25, 0.3) is 5.91 Å². The van der Waals surface area contributed by atoms with Crippen molar-refractivity contribution in [1.29, 1.82) is 0 Å². The Morgan fingerprint density at radius 2 is 1.81 bits per heavy atom. The molecule has 222 valence electrons. The average molecular weight is 610 g/mol. The molecule has 5 rings (SSSR count). The Morgan fingerprint density at radius 3 is 2.53 bits per heavy atom. The van der Waals surface area contributed by atoms with Gasteiger partial charge in [0.15, 0.2) is 23.1 Å². The first-order valence-electron chi connectivity index (χ1n) is 13.3. The number of pyridine rings is 1. The van der Waals surface area contributed by atoms with Gasteiger partial charge >= 0.3 is 5.97 Å². The van der Waals surface area contributed by atoms with Crippen LogP contribution in [0.5, 0.6) is 11.5 Å². The standard InChI is InChI=1S/C30H26ClF2N5O5/c31-26-24(9-12-36-28(26)34)43-23-6-5-19(13-21(23)33)38-29(40)25-22(15-42-30(41)17-7-10-35-11-8-17)37-14-20(27(25)39)16-1-3-18(32)4-2-16/h1-6,9,12-14,17,20,35H,7-8,10-11,15H2,(H2,34,36)(H,38,40). The summed E-state index contributed by atoms with van der Waals surface area (Å²) in [6, 6.07) is 10.2. The number of nitrogens with zero attached hydrogens (tertiary/aromatic N) is 2. The van der Waals surface area contributed by atoms with Gasteiger partial charge in [-0.3, -0.25) is 19.4 Å². The summed E-state index contributed by atoms with van der Waals surface area (Å²) in [7, 11) is 0. The second-order valence-corrected chi connectivity index (χ2v) is 10.2. The number of piperidine rings is 1. The van der Waals surface area contributed by atoms with Gasteiger partial charge in [-0.25, -0.2) is 13.8 Å². The number of hydrogen-bond acceptors (Lipinski definition) is 9. The fourth-order valence-corrected chi connectivity index (χ4v) is 4.81. The van der Waals surface area contributed by atoms with Crippen molar-refractivity contribution in [3.8, 4) is 11.5 Å². The van der Waals surface area contributed by atoms with Crippen molar-refractivity contribution in [2.75, 3.05) is 30.7 Å². The molecule has 0 saturated carbocycles. The summed E-state index contributed by atoms with van der Waals surface area (Å²) in [5, 5.41) is 5.68. The third-order valence-corrected chi connectivity index (χ3v) is 7.35. The number of ether oxygens (including phenoxy) is 2. The highest BCUT2D eigenvalue weighted by Crippen LogP contribution is 2.34. The zero-order chi connectivity index (χ0) is 30.5. The molecule has 1 amide bonds. The quantitative estimate of drug-likeness (QED) is 0.249. The largest absolute Gasteiger partial charge is 0.459 e. The SMILES string of the molecule is Nc1nccc(Oc2ccc(NC(=O)C3=C(COC(=O)C4CCNCC4)N=CC(c4ccc(F)cc4)C3=O)cc2F)c1Cl. The number of aliphatic imine (C=N–C) groups is 1. The van der Waals surface area contributed by atoms with Gasteiger partial charge in [0.05, 0.1) is 17.5 Å². The molecule has 1 aromatic heterocycles. The van der Waals surface area contributed by atoms with Gasteiger partial charge < -0.3 is 25.8 Å². The van der Waals surface area contributed by atoms with Crippen LogP contribution in [0.4, 0.5) is 20.3 Å². The Kier molecular flexibility index (Phi) is 9.07. The topological polar surface area (TPSA) is 145 Å². The number of ketones is 1. The number of hydrogen-bond donors (Lipinski definition) is 3. The van der Waals surface area contributed by atoms with Gasteiger partial charge in [0.2, 0.25) is 0 Å². The summed E-state index contributed by atoms with van der Waals surface area (Å²) in [6.45, 7) is 0.938. The van der Waals surface area contributed by atoms with E-state index >= 15 is 0 Å². The molecule has 3 aromatic rings. The highest BCUT2D eigenvalue weighted by atomic mass is 35.5. The normalized spacial score (nSPS) is 17.1. The minimum Gasteiger partial charge on any atom is -0.459 e. The van der Waals surface area contributed by atoms with Gasteiger partial charge in [0, 0.05) is 30.2 Å². The van der Waals surface area contributed by atoms with Crippen LogP contribution < -0.4 is 21.1 Å². The molecule has 1 saturated heterocycles. The van der Waals surface area contributed by atoms with Gasteiger partial charge in [-0.15, -0.1) is 0 Å². The molecule has 2 aliphatic heterocycles. The van der Waals surface area contributed by atoms with E-state index < -0.39 is 41.8 Å². The van der Waals surface area contributed by atoms with Crippen molar-refractivity contribution in [3.63, 3.8) is 0 Å². The second kappa shape index (κ2) is 13.1. The van der Waals surface area contributed by atoms with Crippen LogP contribution in [0.25, 0.3) is 0 Å². The zero-order valence-corrected chi connectivity index (χ0v) is 23.4. The Balaban J connectivity index is 1.37. The summed E-state index contributed by atoms with van der Waals surface area (Å²) in [5.41, 5.74) is 5.65. The number of nitrogens with two attached hydrogens (primary N) is 1. The van der Waals surface area contributed by atoms with E-state index in [1.807, 2.05) is 0 Å². The summed E-state index contributed by atoms with van der Waals surface area (Å²) < 4.78 is 39.4. The first kappa shape index (κ1) is 29.8. The molecule has 43 heavy (non-hydrogen) atoms. The van der Waals surface area contributed by atoms with Crippen molar-refractivity contribution in [2.24, 2.45) is 10.9 Å². The lowest BCUT2D eigenvalue weighted by molar-refractivity contribution is -0.148. The zero-order valence-electron chi connectivity index (χ0n) is 22.6. The van der Waals surface area contributed by atoms with Crippen molar-refractivity contribution in [2.45, 2.75) is 18.8 Å². The van der Waals surface area contributed by atoms with E-state index in [-0.39, 0.29) is 45.2 Å². The summed E-state index contributed by atoms with van der Waals surface area (Å²) in [5.74, 6) is -4.73. The number of esters is 1. The van der Waals surface area contributed by atoms with Crippen molar-refractivity contribution >= 4 is 47.0 Å². The molecule has 13 heteroatoms. The number of rotatable bonds is 8. The lowest BCUT2D eigenvalue weighted by Gasteiger charge is -2.23. The minimum atomic E-state index is -0.990. The number of amides is 1. The monoisotopic (exact) mass is 609 g/mol. The Morgan fingerprint density at radius 1 is 1.07 bits per heavy atom. The number of benzene rings is 2. The molecule has 0 radical (unpaired) electrons.